The number of carboxylic acid groups (broad SMARTS) is 1. The highest BCUT2D eigenvalue weighted by molar-refractivity contribution is 5.93. The van der Waals surface area contributed by atoms with Gasteiger partial charge in [-0.05, 0) is 20.3 Å². The molecule has 0 aromatic carbocycles. The maximum absolute atomic E-state index is 11.6. The molecule has 0 fully saturated rings. The summed E-state index contributed by atoms with van der Waals surface area (Å²) in [5.74, 6) is -0.772. The van der Waals surface area contributed by atoms with Gasteiger partial charge < -0.3 is 14.8 Å². The summed E-state index contributed by atoms with van der Waals surface area (Å²) < 4.78 is 4.90. The number of carbonyl (C=O) groups is 2. The monoisotopic (exact) mass is 226 g/mol. The van der Waals surface area contributed by atoms with Crippen molar-refractivity contribution in [1.29, 1.82) is 0 Å². The Kier molecular flexibility index (Phi) is 4.04. The second-order valence-corrected chi connectivity index (χ2v) is 3.56. The highest BCUT2D eigenvalue weighted by Crippen LogP contribution is 2.05. The molecule has 0 spiro atoms. The number of rotatable bonds is 5. The van der Waals surface area contributed by atoms with E-state index in [0.717, 1.165) is 0 Å². The Morgan fingerprint density at radius 2 is 2.31 bits per heavy atom. The minimum absolute atomic E-state index is 0.0270. The van der Waals surface area contributed by atoms with Gasteiger partial charge in [0.15, 0.2) is 12.1 Å². The van der Waals surface area contributed by atoms with Gasteiger partial charge in [-0.15, -0.1) is 0 Å². The highest BCUT2D eigenvalue weighted by Gasteiger charge is 2.15. The van der Waals surface area contributed by atoms with Crippen molar-refractivity contribution in [2.24, 2.45) is 0 Å². The molecule has 6 nitrogen and oxygen atoms in total. The number of oxazole rings is 1. The average Bonchev–Trinajstić information content (AvgIpc) is 2.61. The molecule has 1 heterocycles. The molecule has 1 amide bonds. The van der Waals surface area contributed by atoms with E-state index in [-0.39, 0.29) is 24.1 Å². The van der Waals surface area contributed by atoms with Gasteiger partial charge in [0.1, 0.15) is 5.76 Å². The Labute approximate surface area is 92.7 Å². The molecule has 1 atom stereocenters. The van der Waals surface area contributed by atoms with E-state index in [1.54, 1.807) is 13.8 Å². The number of aromatic nitrogens is 1. The zero-order valence-corrected chi connectivity index (χ0v) is 9.19. The molecule has 0 bridgehead atoms. The van der Waals surface area contributed by atoms with Gasteiger partial charge in [0.05, 0.1) is 0 Å². The Hall–Kier alpha value is -1.85. The van der Waals surface area contributed by atoms with Crippen LogP contribution in [0.25, 0.3) is 0 Å². The predicted octanol–water partition coefficient (Wildman–Crippen LogP) is 0.966. The summed E-state index contributed by atoms with van der Waals surface area (Å²) in [5.41, 5.74) is 0.238. The lowest BCUT2D eigenvalue weighted by molar-refractivity contribution is -0.137. The maximum atomic E-state index is 11.6. The lowest BCUT2D eigenvalue weighted by Gasteiger charge is -2.11. The fourth-order valence-corrected chi connectivity index (χ4v) is 1.23. The molecule has 1 aromatic heterocycles. The topological polar surface area (TPSA) is 92.4 Å². The van der Waals surface area contributed by atoms with Crippen LogP contribution in [0.3, 0.4) is 0 Å². The van der Waals surface area contributed by atoms with Gasteiger partial charge >= 0.3 is 5.97 Å². The lowest BCUT2D eigenvalue weighted by Crippen LogP contribution is -2.33. The first kappa shape index (κ1) is 12.2. The number of nitrogens with zero attached hydrogens (tertiary/aromatic N) is 1. The van der Waals surface area contributed by atoms with E-state index in [1.165, 1.54) is 6.39 Å². The molecule has 0 aliphatic heterocycles. The molecular formula is C10H14N2O4. The van der Waals surface area contributed by atoms with Crippen LogP contribution in [-0.4, -0.2) is 28.0 Å². The van der Waals surface area contributed by atoms with Gasteiger partial charge in [-0.1, -0.05) is 0 Å². The summed E-state index contributed by atoms with van der Waals surface area (Å²) in [6.45, 7) is 3.39. The van der Waals surface area contributed by atoms with Gasteiger partial charge in [0.2, 0.25) is 0 Å². The first-order chi connectivity index (χ1) is 7.50. The SMILES string of the molecule is Cc1ocnc1C(=O)NC(C)CCC(=O)O. The molecule has 1 aromatic rings. The molecule has 0 saturated carbocycles. The van der Waals surface area contributed by atoms with Crippen molar-refractivity contribution < 1.29 is 19.1 Å². The van der Waals surface area contributed by atoms with Gasteiger partial charge in [-0.25, -0.2) is 4.98 Å². The summed E-state index contributed by atoms with van der Waals surface area (Å²) in [5, 5.41) is 11.1. The first-order valence-corrected chi connectivity index (χ1v) is 4.93. The third kappa shape index (κ3) is 3.38. The molecule has 16 heavy (non-hydrogen) atoms. The summed E-state index contributed by atoms with van der Waals surface area (Å²) in [6.07, 6.45) is 1.61. The summed E-state index contributed by atoms with van der Waals surface area (Å²) in [4.78, 5) is 25.7. The zero-order chi connectivity index (χ0) is 12.1. The third-order valence-electron chi connectivity index (χ3n) is 2.13. The first-order valence-electron chi connectivity index (χ1n) is 4.93. The van der Waals surface area contributed by atoms with E-state index in [2.05, 4.69) is 10.3 Å². The second kappa shape index (κ2) is 5.29. The molecule has 0 aliphatic carbocycles. The number of aryl methyl sites for hydroxylation is 1. The van der Waals surface area contributed by atoms with Crippen LogP contribution in [-0.2, 0) is 4.79 Å². The zero-order valence-electron chi connectivity index (χ0n) is 9.19. The van der Waals surface area contributed by atoms with E-state index in [9.17, 15) is 9.59 Å². The number of amides is 1. The normalized spacial score (nSPS) is 12.1. The minimum atomic E-state index is -0.876. The molecule has 6 heteroatoms. The van der Waals surface area contributed by atoms with Crippen molar-refractivity contribution in [3.63, 3.8) is 0 Å². The number of carbonyl (C=O) groups excluding carboxylic acids is 1. The standard InChI is InChI=1S/C10H14N2O4/c1-6(3-4-8(13)14)12-10(15)9-7(2)16-5-11-9/h5-6H,3-4H2,1-2H3,(H,12,15)(H,13,14). The van der Waals surface area contributed by atoms with E-state index in [4.69, 9.17) is 9.52 Å². The summed E-state index contributed by atoms with van der Waals surface area (Å²) in [6, 6.07) is -0.209. The van der Waals surface area contributed by atoms with Crippen molar-refractivity contribution in [2.75, 3.05) is 0 Å². The average molecular weight is 226 g/mol. The molecule has 88 valence electrons. The number of hydrogen-bond donors (Lipinski definition) is 2. The largest absolute Gasteiger partial charge is 0.481 e. The van der Waals surface area contributed by atoms with Gasteiger partial charge in [0, 0.05) is 12.5 Å². The second-order valence-electron chi connectivity index (χ2n) is 3.56. The van der Waals surface area contributed by atoms with E-state index in [1.807, 2.05) is 0 Å². The highest BCUT2D eigenvalue weighted by atomic mass is 16.4. The molecule has 0 saturated heterocycles. The van der Waals surface area contributed by atoms with Crippen LogP contribution in [0.4, 0.5) is 0 Å². The number of nitrogens with one attached hydrogen (secondary N) is 1. The quantitative estimate of drug-likeness (QED) is 0.780. The van der Waals surface area contributed by atoms with Crippen molar-refractivity contribution in [3.05, 3.63) is 17.8 Å². The Morgan fingerprint density at radius 3 is 2.81 bits per heavy atom. The fraction of sp³-hybridized carbons (Fsp3) is 0.500. The van der Waals surface area contributed by atoms with Crippen LogP contribution < -0.4 is 5.32 Å². The molecule has 0 aliphatic rings. The number of aliphatic carboxylic acids is 1. The van der Waals surface area contributed by atoms with Crippen molar-refractivity contribution in [3.8, 4) is 0 Å². The molecule has 0 radical (unpaired) electrons. The Balaban J connectivity index is 2.46. The fourth-order valence-electron chi connectivity index (χ4n) is 1.23. The van der Waals surface area contributed by atoms with Gasteiger partial charge in [-0.3, -0.25) is 9.59 Å². The summed E-state index contributed by atoms with van der Waals surface area (Å²) >= 11 is 0. The van der Waals surface area contributed by atoms with Crippen LogP contribution in [0.1, 0.15) is 36.0 Å². The lowest BCUT2D eigenvalue weighted by atomic mass is 10.2. The summed E-state index contributed by atoms with van der Waals surface area (Å²) in [7, 11) is 0. The number of carboxylic acids is 1. The minimum Gasteiger partial charge on any atom is -0.481 e. The van der Waals surface area contributed by atoms with Crippen molar-refractivity contribution >= 4 is 11.9 Å². The molecule has 2 N–H and O–H groups in total. The number of hydrogen-bond acceptors (Lipinski definition) is 4. The molecule has 1 rings (SSSR count). The van der Waals surface area contributed by atoms with Crippen molar-refractivity contribution in [2.45, 2.75) is 32.7 Å². The predicted molar refractivity (Wildman–Crippen MR) is 55.0 cm³/mol. The van der Waals surface area contributed by atoms with Crippen LogP contribution >= 0.6 is 0 Å². The molecular weight excluding hydrogens is 212 g/mol. The third-order valence-corrected chi connectivity index (χ3v) is 2.13. The van der Waals surface area contributed by atoms with Crippen LogP contribution in [0.5, 0.6) is 0 Å². The van der Waals surface area contributed by atoms with Crippen LogP contribution in [0.2, 0.25) is 0 Å². The molecule has 1 unspecified atom stereocenters. The Morgan fingerprint density at radius 1 is 1.62 bits per heavy atom. The van der Waals surface area contributed by atoms with Crippen molar-refractivity contribution in [1.82, 2.24) is 10.3 Å². The van der Waals surface area contributed by atoms with Crippen LogP contribution in [0.15, 0.2) is 10.8 Å². The van der Waals surface area contributed by atoms with Crippen LogP contribution in [0, 0.1) is 6.92 Å². The van der Waals surface area contributed by atoms with E-state index in [0.29, 0.717) is 12.2 Å². The van der Waals surface area contributed by atoms with Gasteiger partial charge in [0.25, 0.3) is 5.91 Å². The van der Waals surface area contributed by atoms with Gasteiger partial charge in [-0.2, -0.15) is 0 Å². The van der Waals surface area contributed by atoms with E-state index < -0.39 is 5.97 Å². The smallest absolute Gasteiger partial charge is 0.303 e. The Bertz CT molecular complexity index is 386. The van der Waals surface area contributed by atoms with E-state index >= 15 is 0 Å². The maximum Gasteiger partial charge on any atom is 0.303 e.